The van der Waals surface area contributed by atoms with Crippen LogP contribution in [0.25, 0.3) is 0 Å². The zero-order chi connectivity index (χ0) is 8.16. The van der Waals surface area contributed by atoms with Crippen LogP contribution in [-0.4, -0.2) is 0 Å². The molecule has 0 aromatic rings. The van der Waals surface area contributed by atoms with Gasteiger partial charge in [-0.3, -0.25) is 0 Å². The van der Waals surface area contributed by atoms with Gasteiger partial charge in [-0.2, -0.15) is 0 Å². The van der Waals surface area contributed by atoms with Gasteiger partial charge < -0.3 is 0 Å². The van der Waals surface area contributed by atoms with Gasteiger partial charge in [0.1, 0.15) is 0 Å². The minimum absolute atomic E-state index is 0.164. The summed E-state index contributed by atoms with van der Waals surface area (Å²) in [6.45, 7) is 4.66. The number of unbranched alkanes of at least 4 members (excludes halogenated alkanes) is 1. The molecule has 0 spiro atoms. The van der Waals surface area contributed by atoms with E-state index in [-0.39, 0.29) is 23.2 Å². The fourth-order valence-electron chi connectivity index (χ4n) is 1.22. The maximum atomic E-state index is 2.38. The van der Waals surface area contributed by atoms with Crippen LogP contribution in [0.1, 0.15) is 26.7 Å². The van der Waals surface area contributed by atoms with Crippen LogP contribution in [0.5, 0.6) is 0 Å². The third-order valence-electron chi connectivity index (χ3n) is 2.03. The third kappa shape index (κ3) is 3.07. The minimum atomic E-state index is -0.164. The van der Waals surface area contributed by atoms with Crippen molar-refractivity contribution in [2.45, 2.75) is 33.9 Å². The Morgan fingerprint density at radius 1 is 1.27 bits per heavy atom. The molecular weight excluding hydrogens is 211 g/mol. The van der Waals surface area contributed by atoms with Crippen LogP contribution < -0.4 is 0 Å². The van der Waals surface area contributed by atoms with Crippen LogP contribution in [0.2, 0.25) is 7.25 Å². The topological polar surface area (TPSA) is 0 Å². The average Bonchev–Trinajstić information content (AvgIpc) is 2.38. The summed E-state index contributed by atoms with van der Waals surface area (Å²) in [4.78, 5) is 0. The molecule has 11 heavy (non-hydrogen) atoms. The van der Waals surface area contributed by atoms with Gasteiger partial charge in [0.25, 0.3) is 0 Å². The predicted molar refractivity (Wildman–Crippen MR) is 46.4 cm³/mol. The molecule has 0 unspecified atom stereocenters. The van der Waals surface area contributed by atoms with E-state index in [4.69, 9.17) is 0 Å². The Balaban J connectivity index is 2.25. The van der Waals surface area contributed by atoms with Crippen molar-refractivity contribution >= 4 is 0 Å². The van der Waals surface area contributed by atoms with Gasteiger partial charge in [0, 0.05) is 0 Å². The van der Waals surface area contributed by atoms with Crippen LogP contribution in [0.4, 0.5) is 0 Å². The van der Waals surface area contributed by atoms with Crippen molar-refractivity contribution in [1.82, 2.24) is 0 Å². The van der Waals surface area contributed by atoms with Gasteiger partial charge in [-0.25, -0.2) is 0 Å². The Morgan fingerprint density at radius 3 is 2.45 bits per heavy atom. The van der Waals surface area contributed by atoms with Gasteiger partial charge in [-0.05, 0) is 0 Å². The first-order valence-corrected chi connectivity index (χ1v) is 7.36. The molecule has 0 nitrogen and oxygen atoms in total. The second kappa shape index (κ2) is 4.40. The van der Waals surface area contributed by atoms with E-state index in [1.54, 1.807) is 0 Å². The molecule has 0 saturated heterocycles. The van der Waals surface area contributed by atoms with Crippen LogP contribution in [0.15, 0.2) is 24.3 Å². The molecule has 1 rings (SSSR count). The van der Waals surface area contributed by atoms with Gasteiger partial charge in [-0.1, -0.05) is 0 Å². The van der Waals surface area contributed by atoms with Crippen LogP contribution in [0, 0.1) is 0 Å². The molecule has 0 heterocycles. The summed E-state index contributed by atoms with van der Waals surface area (Å²) in [7, 11) is 0. The zero-order valence-electron chi connectivity index (χ0n) is 7.43. The molecule has 0 bridgehead atoms. The van der Waals surface area contributed by atoms with E-state index in [0.29, 0.717) is 3.12 Å². The Morgan fingerprint density at radius 2 is 1.91 bits per heavy atom. The molecule has 0 radical (unpaired) electrons. The molecular formula is C10H16Zr. The van der Waals surface area contributed by atoms with E-state index in [0.717, 1.165) is 0 Å². The molecule has 1 aliphatic carbocycles. The fraction of sp³-hybridized carbons (Fsp3) is 0.600. The predicted octanol–water partition coefficient (Wildman–Crippen LogP) is 3.59. The van der Waals surface area contributed by atoms with E-state index >= 15 is 0 Å². The molecule has 0 fully saturated rings. The summed E-state index contributed by atoms with van der Waals surface area (Å²) in [6.07, 6.45) is 12.0. The van der Waals surface area contributed by atoms with Crippen molar-refractivity contribution in [3.05, 3.63) is 24.3 Å². The number of hydrogen-bond donors (Lipinski definition) is 0. The summed E-state index contributed by atoms with van der Waals surface area (Å²) >= 11 is -0.164. The van der Waals surface area contributed by atoms with Crippen molar-refractivity contribution in [2.75, 3.05) is 0 Å². The van der Waals surface area contributed by atoms with E-state index in [1.165, 1.54) is 17.0 Å². The summed E-state index contributed by atoms with van der Waals surface area (Å²) in [5.74, 6) is 0. The molecule has 1 aliphatic rings. The first kappa shape index (κ1) is 9.45. The summed E-state index contributed by atoms with van der Waals surface area (Å²) < 4.78 is 2.09. The van der Waals surface area contributed by atoms with E-state index in [2.05, 4.69) is 38.2 Å². The molecule has 0 aliphatic heterocycles. The first-order chi connectivity index (χ1) is 5.27. The van der Waals surface area contributed by atoms with Gasteiger partial charge in [-0.15, -0.1) is 0 Å². The fourth-order valence-corrected chi connectivity index (χ4v) is 4.90. The Hall–Kier alpha value is 0.363. The Kier molecular flexibility index (Phi) is 3.78. The number of allylic oxidation sites excluding steroid dienone is 4. The molecule has 0 aromatic heterocycles. The van der Waals surface area contributed by atoms with Crippen molar-refractivity contribution in [3.8, 4) is 0 Å². The molecule has 0 N–H and O–H groups in total. The van der Waals surface area contributed by atoms with Gasteiger partial charge in [0.15, 0.2) is 0 Å². The molecule has 1 heteroatoms. The monoisotopic (exact) mass is 226 g/mol. The van der Waals surface area contributed by atoms with E-state index in [1.807, 2.05) is 0 Å². The van der Waals surface area contributed by atoms with Crippen LogP contribution in [0.3, 0.4) is 0 Å². The first-order valence-electron chi connectivity index (χ1n) is 4.39. The van der Waals surface area contributed by atoms with Crippen LogP contribution in [-0.2, 0) is 23.2 Å². The number of rotatable bonds is 4. The van der Waals surface area contributed by atoms with Crippen LogP contribution >= 0.6 is 0 Å². The second-order valence-electron chi connectivity index (χ2n) is 3.28. The molecule has 60 valence electrons. The molecule has 0 aromatic carbocycles. The standard InChI is InChI=1S/C6H7.C4H9.Zr/c1-6-4-2-3-5-6;1-3-4-2;/h2-5H,1H3;1,3-4H2,2H3;. The number of hydrogen-bond acceptors (Lipinski definition) is 0. The second-order valence-corrected chi connectivity index (χ2v) is 8.03. The van der Waals surface area contributed by atoms with E-state index < -0.39 is 0 Å². The van der Waals surface area contributed by atoms with Crippen molar-refractivity contribution in [2.24, 2.45) is 0 Å². The molecule has 0 saturated carbocycles. The Labute approximate surface area is 81.3 Å². The average molecular weight is 227 g/mol. The normalized spacial score (nSPS) is 19.1. The zero-order valence-corrected chi connectivity index (χ0v) is 9.89. The van der Waals surface area contributed by atoms with Crippen molar-refractivity contribution < 1.29 is 23.2 Å². The molecule has 0 atom stereocenters. The van der Waals surface area contributed by atoms with Gasteiger partial charge in [0.05, 0.1) is 0 Å². The quantitative estimate of drug-likeness (QED) is 0.644. The van der Waals surface area contributed by atoms with Gasteiger partial charge >= 0.3 is 81.5 Å². The summed E-state index contributed by atoms with van der Waals surface area (Å²) in [5.41, 5.74) is 0. The van der Waals surface area contributed by atoms with Gasteiger partial charge in [0.2, 0.25) is 0 Å². The summed E-state index contributed by atoms with van der Waals surface area (Å²) in [6, 6.07) is 0. The third-order valence-corrected chi connectivity index (χ3v) is 6.21. The maximum absolute atomic E-state index is 2.38. The SMILES string of the molecule is CCC[CH2][Zr][C]1(C)C=CC=C1. The van der Waals surface area contributed by atoms with Crippen molar-refractivity contribution in [1.29, 1.82) is 0 Å². The molecule has 0 amide bonds. The van der Waals surface area contributed by atoms with E-state index in [9.17, 15) is 0 Å². The Bertz CT molecular complexity index is 156. The summed E-state index contributed by atoms with van der Waals surface area (Å²) in [5, 5.41) is 0. The van der Waals surface area contributed by atoms with Crippen molar-refractivity contribution in [3.63, 3.8) is 0 Å².